The number of carbonyl (C=O) groups is 4. The van der Waals surface area contributed by atoms with Crippen LogP contribution in [0.5, 0.6) is 0 Å². The standard InChI is InChI=1S/C33H39ClN6O2.C2HF3O2.CHF3.CH2O2/c1-21(28-18-35-29-9-7-6-8-27(28)29)31(37-33(42)36-25-11-13-26(14-12-25)39(4)5)32(41)40-20-22(19-38(2)3)16-23-17-24(34)10-15-30(23)40;3-2(4,5)1(6)7;2-1(3)4;2-1-3/h6-15,17-18,21-22,31,35H,16,19-20H2,1-5H3,(H2,36,37,42);(H,6,7);1H;1H,(H,2,3)/t21?,22-,31?;;;/m1.../s1. The molecule has 306 valence electrons. The molecule has 1 aliphatic rings. The topological polar surface area (TPSA) is 158 Å². The van der Waals surface area contributed by atoms with Gasteiger partial charge < -0.3 is 40.5 Å². The van der Waals surface area contributed by atoms with Crippen LogP contribution in [0, 0.1) is 5.92 Å². The van der Waals surface area contributed by atoms with Gasteiger partial charge in [-0.2, -0.15) is 26.3 Å². The number of aromatic amines is 1. The number of amides is 3. The molecule has 2 unspecified atom stereocenters. The van der Waals surface area contributed by atoms with Crippen LogP contribution in [0.25, 0.3) is 10.9 Å². The van der Waals surface area contributed by atoms with Crippen molar-refractivity contribution in [2.75, 3.05) is 56.4 Å². The number of carboxylic acids is 1. The lowest BCUT2D eigenvalue weighted by Crippen LogP contribution is -2.54. The number of benzene rings is 3. The molecule has 0 saturated carbocycles. The normalized spacial score (nSPS) is 14.4. The second-order valence-corrected chi connectivity index (χ2v) is 13.2. The van der Waals surface area contributed by atoms with Crippen LogP contribution in [0.2, 0.25) is 5.02 Å². The highest BCUT2D eigenvalue weighted by Gasteiger charge is 2.39. The fourth-order valence-electron chi connectivity index (χ4n) is 5.93. The minimum absolute atomic E-state index is 0.155. The quantitative estimate of drug-likeness (QED) is 0.0906. The van der Waals surface area contributed by atoms with Crippen LogP contribution in [-0.4, -0.2) is 105 Å². The molecular weight excluding hydrogens is 774 g/mol. The Balaban J connectivity index is 0.000000666. The van der Waals surface area contributed by atoms with Gasteiger partial charge in [-0.1, -0.05) is 36.7 Å². The first-order valence-corrected chi connectivity index (χ1v) is 17.0. The van der Waals surface area contributed by atoms with E-state index in [0.29, 0.717) is 17.3 Å². The minimum Gasteiger partial charge on any atom is -0.483 e. The molecular formula is C37H43ClF6N6O6. The first-order valence-electron chi connectivity index (χ1n) is 16.7. The predicted molar refractivity (Wildman–Crippen MR) is 202 cm³/mol. The third-order valence-corrected chi connectivity index (χ3v) is 8.45. The number of rotatable bonds is 8. The van der Waals surface area contributed by atoms with Crippen molar-refractivity contribution >= 4 is 63.9 Å². The summed E-state index contributed by atoms with van der Waals surface area (Å²) < 4.78 is 60.7. The lowest BCUT2D eigenvalue weighted by Gasteiger charge is -2.38. The number of para-hydroxylation sites is 1. The van der Waals surface area contributed by atoms with Gasteiger partial charge in [-0.3, -0.25) is 9.59 Å². The monoisotopic (exact) mass is 816 g/mol. The highest BCUT2D eigenvalue weighted by atomic mass is 35.5. The Bertz CT molecular complexity index is 1890. The molecule has 12 nitrogen and oxygen atoms in total. The summed E-state index contributed by atoms with van der Waals surface area (Å²) in [6.07, 6.45) is -2.31. The van der Waals surface area contributed by atoms with E-state index in [-0.39, 0.29) is 24.2 Å². The summed E-state index contributed by atoms with van der Waals surface area (Å²) in [6, 6.07) is 20.0. The molecule has 0 spiro atoms. The Morgan fingerprint density at radius 2 is 1.59 bits per heavy atom. The number of anilines is 3. The molecule has 19 heteroatoms. The van der Waals surface area contributed by atoms with Crippen molar-refractivity contribution in [1.29, 1.82) is 0 Å². The zero-order valence-electron chi connectivity index (χ0n) is 31.0. The number of aromatic nitrogens is 1. The van der Waals surface area contributed by atoms with E-state index in [2.05, 4.69) is 20.5 Å². The van der Waals surface area contributed by atoms with Gasteiger partial charge in [-0.15, -0.1) is 0 Å². The number of carboxylic acid groups (broad SMARTS) is 2. The van der Waals surface area contributed by atoms with Crippen molar-refractivity contribution in [2.24, 2.45) is 5.92 Å². The minimum atomic E-state index is -5.08. The first kappa shape index (κ1) is 46.7. The maximum Gasteiger partial charge on any atom is 0.490 e. The summed E-state index contributed by atoms with van der Waals surface area (Å²) in [5.74, 6) is -3.01. The number of carbonyl (C=O) groups excluding carboxylic acids is 2. The molecule has 56 heavy (non-hydrogen) atoms. The van der Waals surface area contributed by atoms with Crippen LogP contribution in [0.3, 0.4) is 0 Å². The molecule has 0 fully saturated rings. The summed E-state index contributed by atoms with van der Waals surface area (Å²) in [6.45, 7) is -0.540. The van der Waals surface area contributed by atoms with E-state index in [0.717, 1.165) is 46.4 Å². The van der Waals surface area contributed by atoms with E-state index in [1.54, 1.807) is 0 Å². The van der Waals surface area contributed by atoms with Gasteiger partial charge in [0, 0.05) is 72.3 Å². The molecule has 0 bridgehead atoms. The van der Waals surface area contributed by atoms with Crippen molar-refractivity contribution < 1.29 is 55.7 Å². The van der Waals surface area contributed by atoms with Gasteiger partial charge in [0.1, 0.15) is 6.04 Å². The number of nitrogens with zero attached hydrogens (tertiary/aromatic N) is 3. The highest BCUT2D eigenvalue weighted by molar-refractivity contribution is 6.30. The Labute approximate surface area is 324 Å². The number of nitrogens with one attached hydrogen (secondary N) is 3. The zero-order valence-corrected chi connectivity index (χ0v) is 31.7. The highest BCUT2D eigenvalue weighted by Crippen LogP contribution is 2.35. The van der Waals surface area contributed by atoms with Crippen LogP contribution in [0.4, 0.5) is 48.2 Å². The maximum absolute atomic E-state index is 14.6. The van der Waals surface area contributed by atoms with E-state index in [1.807, 2.05) is 118 Å². The van der Waals surface area contributed by atoms with Crippen LogP contribution >= 0.6 is 11.6 Å². The number of fused-ring (bicyclic) bond motifs is 2. The molecule has 0 saturated heterocycles. The Hall–Kier alpha value is -5.49. The van der Waals surface area contributed by atoms with Crippen molar-refractivity contribution in [3.8, 4) is 0 Å². The summed E-state index contributed by atoms with van der Waals surface area (Å²) in [5, 5.41) is 21.7. The molecule has 5 rings (SSSR count). The Kier molecular flexibility index (Phi) is 18.0. The van der Waals surface area contributed by atoms with Crippen LogP contribution in [0.15, 0.2) is 72.9 Å². The lowest BCUT2D eigenvalue weighted by atomic mass is 9.88. The van der Waals surface area contributed by atoms with Crippen molar-refractivity contribution in [1.82, 2.24) is 15.2 Å². The second-order valence-electron chi connectivity index (χ2n) is 12.8. The number of alkyl halides is 6. The first-order chi connectivity index (χ1) is 26.2. The molecule has 1 aromatic heterocycles. The third kappa shape index (κ3) is 14.3. The number of hydrogen-bond donors (Lipinski definition) is 5. The van der Waals surface area contributed by atoms with Crippen LogP contribution < -0.4 is 20.4 Å². The van der Waals surface area contributed by atoms with Gasteiger partial charge in [0.15, 0.2) is 0 Å². The SMILES string of the molecule is CC(c1c[nH]c2ccccc12)C(NC(=O)Nc1ccc(N(C)C)cc1)C(=O)N1C[C@@H](CN(C)C)Cc2cc(Cl)ccc21.FC(F)F.O=C(O)C(F)(F)F.O=CO. The van der Waals surface area contributed by atoms with E-state index >= 15 is 0 Å². The van der Waals surface area contributed by atoms with E-state index in [4.69, 9.17) is 31.4 Å². The van der Waals surface area contributed by atoms with Gasteiger partial charge in [-0.25, -0.2) is 9.59 Å². The van der Waals surface area contributed by atoms with Gasteiger partial charge in [0.25, 0.3) is 6.47 Å². The molecule has 3 atom stereocenters. The number of halogens is 7. The smallest absolute Gasteiger partial charge is 0.483 e. The van der Waals surface area contributed by atoms with E-state index in [1.165, 1.54) is 0 Å². The summed E-state index contributed by atoms with van der Waals surface area (Å²) in [5.41, 5.74) is 5.51. The van der Waals surface area contributed by atoms with Crippen LogP contribution in [-0.2, 0) is 20.8 Å². The number of hydrogen-bond acceptors (Lipinski definition) is 6. The molecule has 1 aliphatic heterocycles. The van der Waals surface area contributed by atoms with Crippen molar-refractivity contribution in [3.05, 3.63) is 89.1 Å². The van der Waals surface area contributed by atoms with E-state index < -0.39 is 30.9 Å². The van der Waals surface area contributed by atoms with Gasteiger partial charge in [-0.05, 0) is 86.1 Å². The summed E-state index contributed by atoms with van der Waals surface area (Å²) >= 11 is 6.38. The van der Waals surface area contributed by atoms with Crippen molar-refractivity contribution in [2.45, 2.75) is 38.2 Å². The molecule has 5 N–H and O–H groups in total. The van der Waals surface area contributed by atoms with Gasteiger partial charge in [0.2, 0.25) is 5.91 Å². The molecule has 0 radical (unpaired) electrons. The summed E-state index contributed by atoms with van der Waals surface area (Å²) in [4.78, 5) is 54.6. The zero-order chi connectivity index (χ0) is 42.3. The fourth-order valence-corrected chi connectivity index (χ4v) is 6.13. The summed E-state index contributed by atoms with van der Waals surface area (Å²) in [7, 11) is 8.01. The lowest BCUT2D eigenvalue weighted by molar-refractivity contribution is -0.192. The second kappa shape index (κ2) is 21.6. The molecule has 3 amide bonds. The maximum atomic E-state index is 14.6. The molecule has 2 heterocycles. The fraction of sp³-hybridized carbons (Fsp3) is 0.351. The third-order valence-electron chi connectivity index (χ3n) is 8.22. The largest absolute Gasteiger partial charge is 0.490 e. The number of H-pyrrole nitrogens is 1. The predicted octanol–water partition coefficient (Wildman–Crippen LogP) is 7.46. The van der Waals surface area contributed by atoms with Crippen molar-refractivity contribution in [3.63, 3.8) is 0 Å². The molecule has 4 aromatic rings. The van der Waals surface area contributed by atoms with Crippen LogP contribution in [0.1, 0.15) is 24.0 Å². The Morgan fingerprint density at radius 1 is 1.02 bits per heavy atom. The van der Waals surface area contributed by atoms with Gasteiger partial charge in [0.05, 0.1) is 0 Å². The van der Waals surface area contributed by atoms with E-state index in [9.17, 15) is 35.9 Å². The average molecular weight is 817 g/mol. The molecule has 0 aliphatic carbocycles. The Morgan fingerprint density at radius 3 is 2.12 bits per heavy atom. The van der Waals surface area contributed by atoms with Gasteiger partial charge >= 0.3 is 24.9 Å². The number of urea groups is 1. The molecule has 3 aromatic carbocycles. The average Bonchev–Trinajstić information content (AvgIpc) is 3.54. The number of aliphatic carboxylic acids is 1.